The summed E-state index contributed by atoms with van der Waals surface area (Å²) in [5.74, 6) is 3.49. The minimum absolute atomic E-state index is 0.0462. The fraction of sp³-hybridized carbons (Fsp3) is 0.569. The predicted molar refractivity (Wildman–Crippen MR) is 389 cm³/mol. The summed E-state index contributed by atoms with van der Waals surface area (Å²) < 4.78 is 45.3. The summed E-state index contributed by atoms with van der Waals surface area (Å²) in [5.41, 5.74) is -0.472. The van der Waals surface area contributed by atoms with E-state index in [2.05, 4.69) is 70.4 Å². The lowest BCUT2D eigenvalue weighted by Crippen LogP contribution is -2.38. The second-order valence-corrected chi connectivity index (χ2v) is 29.4. The lowest BCUT2D eigenvalue weighted by Gasteiger charge is -2.07. The van der Waals surface area contributed by atoms with Crippen LogP contribution >= 0.6 is 85.7 Å². The van der Waals surface area contributed by atoms with Gasteiger partial charge in [-0.15, -0.1) is 0 Å². The van der Waals surface area contributed by atoms with Crippen LogP contribution in [-0.4, -0.2) is 119 Å². The number of alkyl halides is 2. The van der Waals surface area contributed by atoms with Gasteiger partial charge in [0.05, 0.1) is 11.3 Å². The van der Waals surface area contributed by atoms with Crippen molar-refractivity contribution in [1.82, 2.24) is 83.9 Å². The van der Waals surface area contributed by atoms with E-state index in [0.717, 1.165) is 58.4 Å². The summed E-state index contributed by atoms with van der Waals surface area (Å²) in [7, 11) is 11.5. The number of aryl methyl sites for hydroxylation is 8. The van der Waals surface area contributed by atoms with Crippen molar-refractivity contribution in [2.24, 2.45) is 93.2 Å². The monoisotopic (exact) mass is 1610 g/mol. The highest BCUT2D eigenvalue weighted by atomic mass is 127. The molecular weight excluding hydrogens is 1530 g/mol. The fourth-order valence-electron chi connectivity index (χ4n) is 10.2. The highest BCUT2D eigenvalue weighted by Gasteiger charge is 2.34. The molecule has 31 nitrogen and oxygen atoms in total. The fourth-order valence-corrected chi connectivity index (χ4v) is 14.8. The van der Waals surface area contributed by atoms with Crippen LogP contribution in [0, 0.1) is 22.5 Å². The van der Waals surface area contributed by atoms with Gasteiger partial charge < -0.3 is 23.3 Å². The molecular formula is C58H79BrCl2IN19O12S3. The molecule has 10 heterocycles. The minimum Gasteiger partial charge on any atom is -0.316 e. The molecule has 3 fully saturated rings. The van der Waals surface area contributed by atoms with Gasteiger partial charge in [0.15, 0.2) is 48.9 Å². The van der Waals surface area contributed by atoms with E-state index in [0.29, 0.717) is 87.4 Å². The molecule has 1 aliphatic heterocycles. The number of hydrogen-bond donors (Lipinski definition) is 1. The van der Waals surface area contributed by atoms with Gasteiger partial charge in [0.25, 0.3) is 27.8 Å². The van der Waals surface area contributed by atoms with Crippen LogP contribution in [-0.2, 0) is 113 Å². The third-order valence-electron chi connectivity index (χ3n) is 16.3. The molecule has 9 aromatic rings. The van der Waals surface area contributed by atoms with E-state index in [1.54, 1.807) is 56.0 Å². The molecule has 13 rings (SSSR count). The zero-order chi connectivity index (χ0) is 71.6. The maximum atomic E-state index is 12.5. The minimum atomic E-state index is -3.57. The van der Waals surface area contributed by atoms with Crippen molar-refractivity contribution in [3.8, 4) is 0 Å². The first-order chi connectivity index (χ1) is 45.2. The van der Waals surface area contributed by atoms with E-state index in [1.165, 1.54) is 105 Å². The first-order valence-corrected chi connectivity index (χ1v) is 37.1. The van der Waals surface area contributed by atoms with Gasteiger partial charge in [-0.1, -0.05) is 68.8 Å². The first-order valence-electron chi connectivity index (χ1n) is 30.7. The molecule has 524 valence electrons. The van der Waals surface area contributed by atoms with Crippen LogP contribution in [0.3, 0.4) is 0 Å². The number of hydrogen-bond acceptors (Lipinski definition) is 18. The Bertz CT molecular complexity index is 5370. The Balaban J connectivity index is 0.000000166. The number of nitrogens with zero attached hydrogens (tertiary/aromatic N) is 18. The van der Waals surface area contributed by atoms with Gasteiger partial charge in [-0.2, -0.15) is 9.97 Å². The van der Waals surface area contributed by atoms with E-state index < -0.39 is 26.8 Å². The largest absolute Gasteiger partial charge is 0.332 e. The van der Waals surface area contributed by atoms with Crippen molar-refractivity contribution in [3.63, 3.8) is 0 Å². The maximum absolute atomic E-state index is 12.5. The van der Waals surface area contributed by atoms with Crippen molar-refractivity contribution in [1.29, 1.82) is 0 Å². The van der Waals surface area contributed by atoms with Crippen LogP contribution in [0.25, 0.3) is 44.7 Å². The molecule has 96 heavy (non-hydrogen) atoms. The zero-order valence-corrected chi connectivity index (χ0v) is 63.7. The standard InChI is InChI=1S/C13H18N4O4S.C13H18N4O2S.C9H11ClN4O2.C9H12N4O2S.C8H8ClN3O2.C4H7Br.C2H5I/c1-4-17-9-10(15(2)13(19)16(3)11(9)18)14-12(17)22(20,21)7-8-5-6-8;1-4-17-9-10(14-12(17)20-7-8-5-6-8)15(2)13(19)16(3)11(9)18;1-4-14-5-6(11-8(14)10)12(2)9(16)13(3)7(5)15;1-4-13-5-6(10-8(13)16)11(2)9(15)12(3)7(5)14;1-11-6-4(3-5(9)10-6)7(13)12(2)8(11)14;5-3-4-1-2-4;1-2-3/h8H,4-7H2,1-3H3;8H,4-7H2,1-3H3;4H2,1-3H3;4H2,1-3H3,(H,10,16);3H2,1-2H3;4H,1-3H2;2H2,1H3. The number of imidazole rings is 4. The maximum Gasteiger partial charge on any atom is 0.332 e. The van der Waals surface area contributed by atoms with Crippen molar-refractivity contribution < 1.29 is 8.42 Å². The van der Waals surface area contributed by atoms with Gasteiger partial charge in [0.1, 0.15) is 16.6 Å². The molecule has 0 unspecified atom stereocenters. The molecule has 3 saturated carbocycles. The molecule has 0 atom stereocenters. The quantitative estimate of drug-likeness (QED) is 0.0629. The molecule has 38 heteroatoms. The number of halogens is 4. The second-order valence-electron chi connectivity index (χ2n) is 23.1. The van der Waals surface area contributed by atoms with Crippen LogP contribution in [0.5, 0.6) is 0 Å². The van der Waals surface area contributed by atoms with E-state index in [9.17, 15) is 56.4 Å². The van der Waals surface area contributed by atoms with Gasteiger partial charge in [-0.25, -0.2) is 42.4 Å². The Morgan fingerprint density at radius 1 is 0.521 bits per heavy atom. The molecule has 3 aliphatic carbocycles. The molecule has 1 N–H and O–H groups in total. The van der Waals surface area contributed by atoms with Crippen LogP contribution in [0.15, 0.2) is 63.3 Å². The number of aliphatic imine (C=N–C) groups is 1. The molecule has 0 amide bonds. The number of sulfone groups is 1. The Morgan fingerprint density at radius 3 is 1.35 bits per heavy atom. The average molecular weight is 1610 g/mol. The summed E-state index contributed by atoms with van der Waals surface area (Å²) in [4.78, 5) is 138. The summed E-state index contributed by atoms with van der Waals surface area (Å²) in [6.07, 6.45) is 7.64. The number of fused-ring (bicyclic) bond motifs is 5. The Kier molecular flexibility index (Phi) is 25.1. The SMILES string of the molecule is BrCC1CC1.CCI.CCn1c(=S)[nH]c2c1c(=O)n(C)c(=O)n2C.CCn1c(Cl)nc2c1c(=O)n(C)c(=O)n2C.CCn1c(S(=O)(=O)CC2CC2)nc2c1c(=O)n(C)c(=O)n2C.CCn1c(SCC2CC2)nc2c1c(=O)n(C)c(=O)n2C.Cn1c2c(c(=O)n(C)c1=O)CC(Cl)=N2. The van der Waals surface area contributed by atoms with E-state index in [1.807, 2.05) is 25.3 Å². The Morgan fingerprint density at radius 2 is 0.917 bits per heavy atom. The number of aromatic amines is 1. The van der Waals surface area contributed by atoms with Crippen molar-refractivity contribution in [3.05, 3.63) is 120 Å². The molecule has 0 bridgehead atoms. The van der Waals surface area contributed by atoms with Crippen molar-refractivity contribution in [2.75, 3.05) is 21.3 Å². The first kappa shape index (κ1) is 76.6. The second kappa shape index (κ2) is 31.4. The van der Waals surface area contributed by atoms with E-state index in [4.69, 9.17) is 35.4 Å². The summed E-state index contributed by atoms with van der Waals surface area (Å²) >= 11 is 24.1. The highest BCUT2D eigenvalue weighted by Crippen LogP contribution is 2.36. The molecule has 0 aromatic carbocycles. The lowest BCUT2D eigenvalue weighted by molar-refractivity contribution is 0.568. The van der Waals surface area contributed by atoms with E-state index in [-0.39, 0.29) is 72.6 Å². The van der Waals surface area contributed by atoms with Gasteiger partial charge in [-0.3, -0.25) is 69.6 Å². The topological polar surface area (TPSA) is 341 Å². The highest BCUT2D eigenvalue weighted by molar-refractivity contribution is 14.1. The smallest absolute Gasteiger partial charge is 0.316 e. The zero-order valence-electron chi connectivity index (χ0n) is 56.0. The molecule has 9 aromatic heterocycles. The van der Waals surface area contributed by atoms with Gasteiger partial charge >= 0.3 is 28.4 Å². The van der Waals surface area contributed by atoms with Crippen molar-refractivity contribution in [2.45, 2.75) is 116 Å². The lowest BCUT2D eigenvalue weighted by atomic mass is 10.2. The van der Waals surface area contributed by atoms with Crippen LogP contribution in [0.4, 0.5) is 5.82 Å². The normalized spacial score (nSPS) is 13.9. The number of rotatable bonds is 11. The van der Waals surface area contributed by atoms with Gasteiger partial charge in [0.2, 0.25) is 20.3 Å². The van der Waals surface area contributed by atoms with Crippen LogP contribution < -0.4 is 56.2 Å². The van der Waals surface area contributed by atoms with E-state index >= 15 is 0 Å². The molecule has 0 spiro atoms. The van der Waals surface area contributed by atoms with Gasteiger partial charge in [-0.05, 0) is 112 Å². The average Bonchev–Trinajstić information content (AvgIpc) is 1.68. The summed E-state index contributed by atoms with van der Waals surface area (Å²) in [6, 6.07) is 0. The molecule has 4 aliphatic rings. The number of nitrogens with one attached hydrogen (secondary N) is 1. The van der Waals surface area contributed by atoms with Crippen molar-refractivity contribution >= 4 is 151 Å². The number of thioether (sulfide) groups is 1. The predicted octanol–water partition coefficient (Wildman–Crippen LogP) is 3.96. The third kappa shape index (κ3) is 15.6. The Hall–Kier alpha value is -6.74. The molecule has 0 radical (unpaired) electrons. The molecule has 0 saturated heterocycles. The van der Waals surface area contributed by atoms with Gasteiger partial charge in [0, 0.05) is 114 Å². The summed E-state index contributed by atoms with van der Waals surface area (Å²) in [6.45, 7) is 11.7. The summed E-state index contributed by atoms with van der Waals surface area (Å²) in [5, 5.41) is 2.52. The number of aromatic nitrogens is 18. The van der Waals surface area contributed by atoms with Crippen LogP contribution in [0.1, 0.15) is 78.7 Å². The van der Waals surface area contributed by atoms with Crippen LogP contribution in [0.2, 0.25) is 5.28 Å². The number of H-pyrrole nitrogens is 1. The third-order valence-corrected chi connectivity index (χ3v) is 21.1. The Labute approximate surface area is 589 Å².